The molecule has 0 amide bonds. The largest absolute Gasteiger partial charge is 0.354 e. The van der Waals surface area contributed by atoms with Crippen molar-refractivity contribution in [3.8, 4) is 0 Å². The van der Waals surface area contributed by atoms with E-state index in [1.54, 1.807) is 41.2 Å². The van der Waals surface area contributed by atoms with Crippen LogP contribution in [0.5, 0.6) is 0 Å². The Morgan fingerprint density at radius 3 is 1.20 bits per heavy atom. The summed E-state index contributed by atoms with van der Waals surface area (Å²) < 4.78 is 0. The summed E-state index contributed by atoms with van der Waals surface area (Å²) in [5, 5.41) is 8.18. The molecule has 40 heavy (non-hydrogen) atoms. The number of rotatable bonds is 23. The van der Waals surface area contributed by atoms with Crippen LogP contribution < -0.4 is 20.4 Å². The van der Waals surface area contributed by atoms with E-state index in [-0.39, 0.29) is 0 Å². The van der Waals surface area contributed by atoms with E-state index in [0.29, 0.717) is 22.2 Å². The minimum atomic E-state index is 0.647. The van der Waals surface area contributed by atoms with Gasteiger partial charge in [0, 0.05) is 39.3 Å². The number of aromatic nitrogens is 6. The van der Waals surface area contributed by atoms with Gasteiger partial charge in [0.2, 0.25) is 34.1 Å². The van der Waals surface area contributed by atoms with Gasteiger partial charge in [-0.25, -0.2) is 0 Å². The molecular weight excluding hydrogens is 581 g/mol. The third-order valence-electron chi connectivity index (χ3n) is 5.62. The van der Waals surface area contributed by atoms with Gasteiger partial charge in [0.1, 0.15) is 0 Å². The fourth-order valence-electron chi connectivity index (χ4n) is 3.75. The van der Waals surface area contributed by atoms with Crippen molar-refractivity contribution in [2.75, 3.05) is 59.7 Å². The number of unbranched alkanes of at least 4 members (excludes halogenated alkanes) is 2. The lowest BCUT2D eigenvalue weighted by Crippen LogP contribution is -2.27. The van der Waals surface area contributed by atoms with Crippen LogP contribution in [0.3, 0.4) is 0 Å². The Balaban J connectivity index is 2.13. The maximum Gasteiger partial charge on any atom is 0.231 e. The van der Waals surface area contributed by atoms with Crippen molar-refractivity contribution in [2.45, 2.75) is 103 Å². The molecule has 14 heteroatoms. The Kier molecular flexibility index (Phi) is 18.6. The lowest BCUT2D eigenvalue weighted by Gasteiger charge is -2.22. The molecule has 226 valence electrons. The van der Waals surface area contributed by atoms with Gasteiger partial charge in [-0.3, -0.25) is 0 Å². The summed E-state index contributed by atoms with van der Waals surface area (Å²) in [5.41, 5.74) is 0. The summed E-state index contributed by atoms with van der Waals surface area (Å²) >= 11 is 0. The number of hydrogen-bond acceptors (Lipinski definition) is 14. The van der Waals surface area contributed by atoms with Gasteiger partial charge in [-0.2, -0.15) is 29.9 Å². The van der Waals surface area contributed by atoms with Crippen LogP contribution in [-0.2, 0) is 0 Å². The van der Waals surface area contributed by atoms with Crippen LogP contribution in [0.1, 0.15) is 92.9 Å². The molecule has 0 radical (unpaired) electrons. The molecule has 0 bridgehead atoms. The second-order valence-corrected chi connectivity index (χ2v) is 14.9. The molecule has 2 heterocycles. The van der Waals surface area contributed by atoms with Gasteiger partial charge in [-0.05, 0) is 79.8 Å². The van der Waals surface area contributed by atoms with E-state index in [1.807, 2.05) is 0 Å². The fraction of sp³-hybridized carbons (Fsp3) is 0.769. The Morgan fingerprint density at radius 2 is 0.875 bits per heavy atom. The molecule has 0 saturated carbocycles. The highest BCUT2D eigenvalue weighted by Gasteiger charge is 2.16. The van der Waals surface area contributed by atoms with Gasteiger partial charge in [0.25, 0.3) is 0 Å². The Bertz CT molecular complexity index is 868. The van der Waals surface area contributed by atoms with Crippen molar-refractivity contribution in [3.63, 3.8) is 0 Å². The van der Waals surface area contributed by atoms with E-state index < -0.39 is 0 Å². The summed E-state index contributed by atoms with van der Waals surface area (Å²) in [6.45, 7) is 18.5. The molecule has 2 aromatic rings. The van der Waals surface area contributed by atoms with Gasteiger partial charge < -0.3 is 20.4 Å². The van der Waals surface area contributed by atoms with Crippen LogP contribution in [0, 0.1) is 0 Å². The average molecular weight is 629 g/mol. The predicted molar refractivity (Wildman–Crippen MR) is 179 cm³/mol. The van der Waals surface area contributed by atoms with Crippen LogP contribution in [-0.4, -0.2) is 69.2 Å². The molecular formula is C26H48N10S4. The van der Waals surface area contributed by atoms with Gasteiger partial charge in [-0.1, -0.05) is 54.4 Å². The van der Waals surface area contributed by atoms with Gasteiger partial charge in [-0.15, -0.1) is 0 Å². The quantitative estimate of drug-likeness (QED) is 0.0921. The van der Waals surface area contributed by atoms with Gasteiger partial charge in [0.05, 0.1) is 0 Å². The second kappa shape index (κ2) is 21.3. The first-order valence-electron chi connectivity index (χ1n) is 14.8. The molecule has 2 N–H and O–H groups in total. The third kappa shape index (κ3) is 13.1. The van der Waals surface area contributed by atoms with E-state index in [0.717, 1.165) is 103 Å². The van der Waals surface area contributed by atoms with Gasteiger partial charge in [0.15, 0.2) is 0 Å². The summed E-state index contributed by atoms with van der Waals surface area (Å²) in [7, 11) is 6.30. The van der Waals surface area contributed by atoms with E-state index in [4.69, 9.17) is 19.9 Å². The summed E-state index contributed by atoms with van der Waals surface area (Å²) in [6.07, 6.45) is 8.59. The lowest BCUT2D eigenvalue weighted by atomic mass is 10.3. The summed E-state index contributed by atoms with van der Waals surface area (Å²) in [6, 6.07) is 0. The topological polar surface area (TPSA) is 108 Å². The van der Waals surface area contributed by atoms with E-state index >= 15 is 0 Å². The molecule has 0 saturated heterocycles. The van der Waals surface area contributed by atoms with Crippen molar-refractivity contribution in [1.82, 2.24) is 29.9 Å². The van der Waals surface area contributed by atoms with E-state index in [2.05, 4.69) is 71.9 Å². The highest BCUT2D eigenvalue weighted by Crippen LogP contribution is 2.48. The second-order valence-electron chi connectivity index (χ2n) is 9.32. The zero-order chi connectivity index (χ0) is 29.0. The first-order chi connectivity index (χ1) is 19.6. The van der Waals surface area contributed by atoms with E-state index in [1.165, 1.54) is 0 Å². The zero-order valence-corrected chi connectivity index (χ0v) is 28.4. The molecule has 0 aliphatic heterocycles. The van der Waals surface area contributed by atoms with Crippen molar-refractivity contribution >= 4 is 65.0 Å². The standard InChI is InChI=1S/C26H48N10S4/c1-7-13-15-27-21-29-23(35(17-9-3)18-10-4)33-25(31-21)37-39-40-38-26-32-22(28-16-14-8-2)30-24(34-26)36(19-11-5)20-12-6/h7-20H2,1-6H3,(H,27,29,31,33)(H,28,30,32,34). The minimum absolute atomic E-state index is 0.647. The Hall–Kier alpha value is -1.38. The van der Waals surface area contributed by atoms with Crippen molar-refractivity contribution in [2.24, 2.45) is 0 Å². The molecule has 0 unspecified atom stereocenters. The smallest absolute Gasteiger partial charge is 0.231 e. The molecule has 0 spiro atoms. The monoisotopic (exact) mass is 628 g/mol. The van der Waals surface area contributed by atoms with Crippen molar-refractivity contribution < 1.29 is 0 Å². The molecule has 0 aliphatic rings. The number of anilines is 4. The maximum absolute atomic E-state index is 4.80. The molecule has 0 aromatic carbocycles. The number of nitrogens with zero attached hydrogens (tertiary/aromatic N) is 8. The van der Waals surface area contributed by atoms with Gasteiger partial charge >= 0.3 is 0 Å². The minimum Gasteiger partial charge on any atom is -0.354 e. The van der Waals surface area contributed by atoms with E-state index in [9.17, 15) is 0 Å². The molecule has 0 fully saturated rings. The highest BCUT2D eigenvalue weighted by atomic mass is 33.7. The molecule has 10 nitrogen and oxygen atoms in total. The normalized spacial score (nSPS) is 11.1. The number of hydrogen-bond donors (Lipinski definition) is 2. The third-order valence-corrected chi connectivity index (χ3v) is 11.2. The maximum atomic E-state index is 4.80. The van der Waals surface area contributed by atoms with Crippen LogP contribution in [0.4, 0.5) is 23.8 Å². The van der Waals surface area contributed by atoms with Crippen LogP contribution >= 0.6 is 41.2 Å². The summed E-state index contributed by atoms with van der Waals surface area (Å²) in [4.78, 5) is 33.0. The first-order valence-corrected chi connectivity index (χ1v) is 19.6. The zero-order valence-electron chi connectivity index (χ0n) is 25.1. The molecule has 0 aliphatic carbocycles. The molecule has 2 aromatic heterocycles. The number of nitrogens with one attached hydrogen (secondary N) is 2. The predicted octanol–water partition coefficient (Wildman–Crippen LogP) is 7.83. The Labute approximate surface area is 256 Å². The average Bonchev–Trinajstić information content (AvgIpc) is 2.95. The van der Waals surface area contributed by atoms with Crippen LogP contribution in [0.25, 0.3) is 0 Å². The SMILES string of the molecule is CCCCNc1nc(SSSSc2nc(NCCCC)nc(N(CCC)CCC)n2)nc(N(CCC)CCC)n1. The lowest BCUT2D eigenvalue weighted by molar-refractivity contribution is 0.705. The van der Waals surface area contributed by atoms with Crippen LogP contribution in [0.2, 0.25) is 0 Å². The fourth-order valence-corrected chi connectivity index (χ4v) is 8.49. The summed E-state index contributed by atoms with van der Waals surface area (Å²) in [5.74, 6) is 2.78. The van der Waals surface area contributed by atoms with Crippen molar-refractivity contribution in [3.05, 3.63) is 0 Å². The molecule has 0 atom stereocenters. The van der Waals surface area contributed by atoms with Crippen molar-refractivity contribution in [1.29, 1.82) is 0 Å². The highest BCUT2D eigenvalue weighted by molar-refractivity contribution is 9.26. The van der Waals surface area contributed by atoms with Crippen LogP contribution in [0.15, 0.2) is 10.3 Å². The first kappa shape index (κ1) is 34.8. The Morgan fingerprint density at radius 1 is 0.500 bits per heavy atom. The molecule has 2 rings (SSSR count).